The molecule has 1 aromatic carbocycles. The lowest BCUT2D eigenvalue weighted by Gasteiger charge is -2.39. The van der Waals surface area contributed by atoms with E-state index in [1.807, 2.05) is 4.90 Å². The van der Waals surface area contributed by atoms with Crippen LogP contribution in [-0.4, -0.2) is 72.1 Å². The normalized spacial score (nSPS) is 26.7. The predicted octanol–water partition coefficient (Wildman–Crippen LogP) is 1.49. The number of nitrogens with zero attached hydrogens (tertiary/aromatic N) is 3. The zero-order chi connectivity index (χ0) is 17.4. The molecule has 1 aromatic rings. The van der Waals surface area contributed by atoms with Gasteiger partial charge in [-0.2, -0.15) is 0 Å². The molecule has 2 saturated heterocycles. The van der Waals surface area contributed by atoms with Gasteiger partial charge >= 0.3 is 6.09 Å². The molecule has 25 heavy (non-hydrogen) atoms. The van der Waals surface area contributed by atoms with Gasteiger partial charge in [-0.1, -0.05) is 24.3 Å². The van der Waals surface area contributed by atoms with E-state index in [1.165, 1.54) is 11.1 Å². The molecule has 1 atom stereocenters. The van der Waals surface area contributed by atoms with Crippen molar-refractivity contribution < 1.29 is 14.3 Å². The van der Waals surface area contributed by atoms with Crippen LogP contribution < -0.4 is 0 Å². The molecule has 3 aliphatic rings. The Hall–Kier alpha value is -2.08. The van der Waals surface area contributed by atoms with Crippen molar-refractivity contribution in [1.82, 2.24) is 14.7 Å². The van der Waals surface area contributed by atoms with Gasteiger partial charge in [0, 0.05) is 26.7 Å². The summed E-state index contributed by atoms with van der Waals surface area (Å²) < 4.78 is 5.60. The van der Waals surface area contributed by atoms with Gasteiger partial charge in [-0.05, 0) is 30.4 Å². The number of amides is 2. The third-order valence-corrected chi connectivity index (χ3v) is 5.60. The molecule has 1 unspecified atom stereocenters. The molecule has 1 spiro atoms. The molecular weight excluding hydrogens is 318 g/mol. The Balaban J connectivity index is 1.38. The molecular formula is C19H25N3O3. The number of ether oxygens (including phenoxy) is 1. The fraction of sp³-hybridized carbons (Fsp3) is 0.579. The second kappa shape index (κ2) is 6.33. The highest BCUT2D eigenvalue weighted by Crippen LogP contribution is 2.31. The average Bonchev–Trinajstić information content (AvgIpc) is 2.88. The van der Waals surface area contributed by atoms with Gasteiger partial charge in [-0.15, -0.1) is 0 Å². The first kappa shape index (κ1) is 16.4. The molecule has 0 bridgehead atoms. The van der Waals surface area contributed by atoms with Crippen molar-refractivity contribution in [3.8, 4) is 0 Å². The minimum absolute atomic E-state index is 0.143. The van der Waals surface area contributed by atoms with Crippen molar-refractivity contribution >= 4 is 12.0 Å². The summed E-state index contributed by atoms with van der Waals surface area (Å²) in [5.41, 5.74) is 2.21. The number of carbonyl (C=O) groups excluding carboxylic acids is 2. The number of hydrogen-bond acceptors (Lipinski definition) is 4. The molecule has 0 aliphatic carbocycles. The van der Waals surface area contributed by atoms with Crippen LogP contribution in [0.2, 0.25) is 0 Å². The Morgan fingerprint density at radius 1 is 1.20 bits per heavy atom. The van der Waals surface area contributed by atoms with Gasteiger partial charge in [0.1, 0.15) is 5.60 Å². The molecule has 0 N–H and O–H groups in total. The maximum Gasteiger partial charge on any atom is 0.410 e. The number of piperidine rings is 1. The van der Waals surface area contributed by atoms with E-state index in [0.29, 0.717) is 19.6 Å². The third kappa shape index (κ3) is 3.23. The van der Waals surface area contributed by atoms with Crippen LogP contribution in [0, 0.1) is 0 Å². The zero-order valence-electron chi connectivity index (χ0n) is 14.7. The Kier molecular flexibility index (Phi) is 4.15. The highest BCUT2D eigenvalue weighted by molar-refractivity contribution is 5.79. The van der Waals surface area contributed by atoms with Crippen LogP contribution in [0.3, 0.4) is 0 Å². The van der Waals surface area contributed by atoms with E-state index in [2.05, 4.69) is 29.2 Å². The van der Waals surface area contributed by atoms with Crippen LogP contribution in [0.4, 0.5) is 4.79 Å². The fourth-order valence-electron chi connectivity index (χ4n) is 4.30. The number of rotatable bonds is 2. The standard InChI is InChI=1S/C19H25N3O3/c1-20-13-19(25-18(20)24)8-4-9-22(14-19)17(23)12-21-10-7-15-5-2-3-6-16(15)11-21/h2-3,5-6H,4,7-14H2,1H3. The van der Waals surface area contributed by atoms with Gasteiger partial charge in [0.15, 0.2) is 0 Å². The van der Waals surface area contributed by atoms with Crippen LogP contribution >= 0.6 is 0 Å². The van der Waals surface area contributed by atoms with Gasteiger partial charge in [-0.25, -0.2) is 4.79 Å². The summed E-state index contributed by atoms with van der Waals surface area (Å²) in [4.78, 5) is 30.3. The molecule has 0 radical (unpaired) electrons. The van der Waals surface area contributed by atoms with Crippen LogP contribution in [0.25, 0.3) is 0 Å². The molecule has 2 fully saturated rings. The molecule has 6 heteroatoms. The number of likely N-dealkylation sites (N-methyl/N-ethyl adjacent to an activating group) is 1. The van der Waals surface area contributed by atoms with Gasteiger partial charge in [0.2, 0.25) is 5.91 Å². The van der Waals surface area contributed by atoms with Crippen molar-refractivity contribution in [1.29, 1.82) is 0 Å². The summed E-state index contributed by atoms with van der Waals surface area (Å²) in [7, 11) is 1.75. The molecule has 3 aliphatic heterocycles. The topological polar surface area (TPSA) is 53.1 Å². The van der Waals surface area contributed by atoms with E-state index in [9.17, 15) is 9.59 Å². The summed E-state index contributed by atoms with van der Waals surface area (Å²) >= 11 is 0. The summed E-state index contributed by atoms with van der Waals surface area (Å²) in [6.45, 7) is 4.04. The van der Waals surface area contributed by atoms with Crippen molar-refractivity contribution in [3.05, 3.63) is 35.4 Å². The first-order valence-electron chi connectivity index (χ1n) is 9.06. The first-order valence-corrected chi connectivity index (χ1v) is 9.06. The Morgan fingerprint density at radius 2 is 2.00 bits per heavy atom. The first-order chi connectivity index (χ1) is 12.0. The lowest BCUT2D eigenvalue weighted by molar-refractivity contribution is -0.138. The molecule has 0 aromatic heterocycles. The maximum absolute atomic E-state index is 12.8. The fourth-order valence-corrected chi connectivity index (χ4v) is 4.30. The SMILES string of the molecule is CN1CC2(CCCN(C(=O)CN3CCc4ccccc4C3)C2)OC1=O. The van der Waals surface area contributed by atoms with Crippen LogP contribution in [0.1, 0.15) is 24.0 Å². The highest BCUT2D eigenvalue weighted by Gasteiger charge is 2.47. The van der Waals surface area contributed by atoms with Crippen LogP contribution in [0.5, 0.6) is 0 Å². The van der Waals surface area contributed by atoms with E-state index < -0.39 is 5.60 Å². The van der Waals surface area contributed by atoms with Gasteiger partial charge in [0.05, 0.1) is 19.6 Å². The number of benzene rings is 1. The lowest BCUT2D eigenvalue weighted by atomic mass is 9.92. The quantitative estimate of drug-likeness (QED) is 0.816. The Labute approximate surface area is 148 Å². The highest BCUT2D eigenvalue weighted by atomic mass is 16.6. The summed E-state index contributed by atoms with van der Waals surface area (Å²) in [6.07, 6.45) is 2.44. The van der Waals surface area contributed by atoms with E-state index >= 15 is 0 Å². The molecule has 4 rings (SSSR count). The van der Waals surface area contributed by atoms with Crippen molar-refractivity contribution in [3.63, 3.8) is 0 Å². The molecule has 134 valence electrons. The molecule has 3 heterocycles. The average molecular weight is 343 g/mol. The number of fused-ring (bicyclic) bond motifs is 1. The van der Waals surface area contributed by atoms with E-state index in [-0.39, 0.29) is 12.0 Å². The zero-order valence-corrected chi connectivity index (χ0v) is 14.7. The largest absolute Gasteiger partial charge is 0.439 e. The van der Waals surface area contributed by atoms with Crippen molar-refractivity contribution in [2.45, 2.75) is 31.4 Å². The smallest absolute Gasteiger partial charge is 0.410 e. The third-order valence-electron chi connectivity index (χ3n) is 5.60. The number of carbonyl (C=O) groups is 2. The monoisotopic (exact) mass is 343 g/mol. The summed E-state index contributed by atoms with van der Waals surface area (Å²) in [6, 6.07) is 8.46. The lowest BCUT2D eigenvalue weighted by Crippen LogP contribution is -2.54. The van der Waals surface area contributed by atoms with Gasteiger partial charge in [-0.3, -0.25) is 9.69 Å². The second-order valence-corrected chi connectivity index (χ2v) is 7.56. The van der Waals surface area contributed by atoms with E-state index in [4.69, 9.17) is 4.74 Å². The van der Waals surface area contributed by atoms with E-state index in [1.54, 1.807) is 11.9 Å². The van der Waals surface area contributed by atoms with Gasteiger partial charge < -0.3 is 14.5 Å². The van der Waals surface area contributed by atoms with Crippen molar-refractivity contribution in [2.75, 3.05) is 39.8 Å². The molecule has 0 saturated carbocycles. The summed E-state index contributed by atoms with van der Waals surface area (Å²) in [5.74, 6) is 0.143. The predicted molar refractivity (Wildman–Crippen MR) is 93.1 cm³/mol. The Morgan fingerprint density at radius 3 is 2.76 bits per heavy atom. The van der Waals surface area contributed by atoms with Gasteiger partial charge in [0.25, 0.3) is 0 Å². The molecule has 6 nitrogen and oxygen atoms in total. The number of likely N-dealkylation sites (tertiary alicyclic amines) is 1. The molecule has 2 amide bonds. The summed E-state index contributed by atoms with van der Waals surface area (Å²) in [5, 5.41) is 0. The van der Waals surface area contributed by atoms with Crippen LogP contribution in [-0.2, 0) is 22.5 Å². The van der Waals surface area contributed by atoms with Crippen molar-refractivity contribution in [2.24, 2.45) is 0 Å². The number of hydrogen-bond donors (Lipinski definition) is 0. The minimum Gasteiger partial charge on any atom is -0.439 e. The van der Waals surface area contributed by atoms with E-state index in [0.717, 1.165) is 38.9 Å². The Bertz CT molecular complexity index is 692. The maximum atomic E-state index is 12.8. The minimum atomic E-state index is -0.506. The second-order valence-electron chi connectivity index (χ2n) is 7.56. The van der Waals surface area contributed by atoms with Crippen LogP contribution in [0.15, 0.2) is 24.3 Å².